The van der Waals surface area contributed by atoms with Crippen LogP contribution in [0.4, 0.5) is 0 Å². The van der Waals surface area contributed by atoms with E-state index in [1.54, 1.807) is 0 Å². The first-order valence-corrected chi connectivity index (χ1v) is 28.4. The van der Waals surface area contributed by atoms with E-state index in [-0.39, 0.29) is 31.1 Å². The lowest BCUT2D eigenvalue weighted by Gasteiger charge is -2.18. The molecule has 0 saturated carbocycles. The monoisotopic (exact) mass is 957 g/mol. The second-order valence-corrected chi connectivity index (χ2v) is 18.5. The minimum absolute atomic E-state index is 0.0946. The molecule has 6 heteroatoms. The summed E-state index contributed by atoms with van der Waals surface area (Å²) >= 11 is 0. The van der Waals surface area contributed by atoms with Crippen LogP contribution in [0.25, 0.3) is 0 Å². The second kappa shape index (κ2) is 56.7. The second-order valence-electron chi connectivity index (χ2n) is 18.5. The van der Waals surface area contributed by atoms with Gasteiger partial charge < -0.3 is 14.2 Å². The normalized spacial score (nSPS) is 12.9. The highest BCUT2D eigenvalue weighted by Gasteiger charge is 2.19. The number of hydrogen-bond acceptors (Lipinski definition) is 6. The molecule has 1 atom stereocenters. The van der Waals surface area contributed by atoms with Gasteiger partial charge in [-0.3, -0.25) is 14.4 Å². The molecule has 392 valence electrons. The zero-order chi connectivity index (χ0) is 50.0. The minimum Gasteiger partial charge on any atom is -0.462 e. The van der Waals surface area contributed by atoms with Crippen molar-refractivity contribution in [3.63, 3.8) is 0 Å². The lowest BCUT2D eigenvalue weighted by atomic mass is 10.1. The number of ether oxygens (including phenoxy) is 3. The van der Waals surface area contributed by atoms with E-state index >= 15 is 0 Å². The Bertz CT molecular complexity index is 1420. The zero-order valence-corrected chi connectivity index (χ0v) is 44.8. The Morgan fingerprint density at radius 3 is 0.928 bits per heavy atom. The first kappa shape index (κ1) is 65.1. The summed E-state index contributed by atoms with van der Waals surface area (Å²) < 4.78 is 16.7. The van der Waals surface area contributed by atoms with Crippen LogP contribution < -0.4 is 0 Å². The van der Waals surface area contributed by atoms with E-state index in [0.717, 1.165) is 109 Å². The summed E-state index contributed by atoms with van der Waals surface area (Å²) in [4.78, 5) is 37.8. The summed E-state index contributed by atoms with van der Waals surface area (Å²) in [5.41, 5.74) is 0. The molecule has 0 aliphatic rings. The average molecular weight is 958 g/mol. The van der Waals surface area contributed by atoms with Gasteiger partial charge in [0.05, 0.1) is 0 Å². The number of hydrogen-bond donors (Lipinski definition) is 0. The third-order valence-electron chi connectivity index (χ3n) is 11.8. The van der Waals surface area contributed by atoms with Crippen LogP contribution in [0, 0.1) is 0 Å². The number of allylic oxidation sites excluding steroid dienone is 18. The molecule has 6 nitrogen and oxygen atoms in total. The Balaban J connectivity index is 4.27. The van der Waals surface area contributed by atoms with Crippen molar-refractivity contribution in [2.24, 2.45) is 0 Å². The highest BCUT2D eigenvalue weighted by molar-refractivity contribution is 5.71. The Morgan fingerprint density at radius 1 is 0.304 bits per heavy atom. The molecule has 0 bridgehead atoms. The molecule has 0 aliphatic heterocycles. The number of carbonyl (C=O) groups excluding carboxylic acids is 3. The van der Waals surface area contributed by atoms with Crippen molar-refractivity contribution < 1.29 is 28.6 Å². The number of carbonyl (C=O) groups is 3. The highest BCUT2D eigenvalue weighted by atomic mass is 16.6. The van der Waals surface area contributed by atoms with Crippen molar-refractivity contribution in [2.75, 3.05) is 13.2 Å². The molecule has 0 aliphatic carbocycles. The fourth-order valence-electron chi connectivity index (χ4n) is 7.51. The fraction of sp³-hybridized carbons (Fsp3) is 0.667. The van der Waals surface area contributed by atoms with Gasteiger partial charge in [-0.2, -0.15) is 0 Å². The van der Waals surface area contributed by atoms with E-state index in [1.807, 2.05) is 0 Å². The van der Waals surface area contributed by atoms with Crippen LogP contribution in [0.1, 0.15) is 252 Å². The van der Waals surface area contributed by atoms with Crippen molar-refractivity contribution in [1.82, 2.24) is 0 Å². The number of unbranched alkanes of at least 4 members (excludes halogenated alkanes) is 21. The summed E-state index contributed by atoms with van der Waals surface area (Å²) in [6, 6.07) is 0. The van der Waals surface area contributed by atoms with Gasteiger partial charge in [-0.05, 0) is 109 Å². The predicted molar refractivity (Wildman–Crippen MR) is 297 cm³/mol. The maximum absolute atomic E-state index is 12.8. The van der Waals surface area contributed by atoms with Crippen molar-refractivity contribution in [3.8, 4) is 0 Å². The van der Waals surface area contributed by atoms with Gasteiger partial charge in [-0.25, -0.2) is 0 Å². The quantitative estimate of drug-likeness (QED) is 0.0262. The van der Waals surface area contributed by atoms with Crippen LogP contribution in [-0.4, -0.2) is 37.2 Å². The molecule has 0 heterocycles. The van der Waals surface area contributed by atoms with Crippen LogP contribution in [0.15, 0.2) is 109 Å². The Hall–Kier alpha value is -3.93. The molecule has 0 saturated heterocycles. The van der Waals surface area contributed by atoms with Crippen LogP contribution in [0.5, 0.6) is 0 Å². The molecule has 1 unspecified atom stereocenters. The molecular weight excluding hydrogens is 853 g/mol. The van der Waals surface area contributed by atoms with E-state index in [4.69, 9.17) is 14.2 Å². The van der Waals surface area contributed by atoms with Gasteiger partial charge in [-0.1, -0.05) is 233 Å². The molecule has 69 heavy (non-hydrogen) atoms. The maximum Gasteiger partial charge on any atom is 0.306 e. The molecule has 0 aromatic carbocycles. The van der Waals surface area contributed by atoms with Crippen LogP contribution in [-0.2, 0) is 28.6 Å². The molecule has 0 spiro atoms. The lowest BCUT2D eigenvalue weighted by Crippen LogP contribution is -2.30. The smallest absolute Gasteiger partial charge is 0.306 e. The standard InChI is InChI=1S/C63H104O6/c1-4-7-10-13-16-18-20-22-24-26-28-29-30-31-32-33-34-35-36-38-39-41-43-45-47-50-53-56-62(65)68-59-60(58-67-61(64)55-52-49-15-12-9-6-3)69-63(66)57-54-51-48-46-44-42-40-37-27-25-23-21-19-17-14-11-8-5-2/h7,10,16,18,22,24-25,27-29,31-32,34-35,38-39,43,45,60H,4-6,8-9,11-15,17,19-21,23,26,30,33,36-37,40-42,44,46-59H2,1-3H3/b10-7-,18-16-,24-22-,27-25-,29-28-,32-31-,35-34-,39-38-,45-43-. The van der Waals surface area contributed by atoms with E-state index in [9.17, 15) is 14.4 Å². The van der Waals surface area contributed by atoms with Crippen molar-refractivity contribution in [3.05, 3.63) is 109 Å². The molecule has 0 radical (unpaired) electrons. The Kier molecular flexibility index (Phi) is 53.4. The third kappa shape index (κ3) is 54.9. The van der Waals surface area contributed by atoms with Gasteiger partial charge in [0.25, 0.3) is 0 Å². The van der Waals surface area contributed by atoms with E-state index in [0.29, 0.717) is 19.3 Å². The van der Waals surface area contributed by atoms with E-state index in [2.05, 4.69) is 130 Å². The van der Waals surface area contributed by atoms with Gasteiger partial charge in [0.1, 0.15) is 13.2 Å². The molecule has 0 N–H and O–H groups in total. The van der Waals surface area contributed by atoms with Gasteiger partial charge in [0.2, 0.25) is 0 Å². The minimum atomic E-state index is -0.796. The largest absolute Gasteiger partial charge is 0.462 e. The first-order valence-electron chi connectivity index (χ1n) is 28.4. The Labute approximate surface area is 425 Å². The lowest BCUT2D eigenvalue weighted by molar-refractivity contribution is -0.167. The fourth-order valence-corrected chi connectivity index (χ4v) is 7.51. The third-order valence-corrected chi connectivity index (χ3v) is 11.8. The predicted octanol–water partition coefficient (Wildman–Crippen LogP) is 19.1. The molecular formula is C63H104O6. The summed E-state index contributed by atoms with van der Waals surface area (Å²) in [5, 5.41) is 0. The van der Waals surface area contributed by atoms with Crippen molar-refractivity contribution >= 4 is 17.9 Å². The molecule has 0 fully saturated rings. The van der Waals surface area contributed by atoms with E-state index < -0.39 is 6.10 Å². The molecule has 0 amide bonds. The average Bonchev–Trinajstić information content (AvgIpc) is 3.35. The number of rotatable bonds is 50. The van der Waals surface area contributed by atoms with Crippen molar-refractivity contribution in [1.29, 1.82) is 0 Å². The van der Waals surface area contributed by atoms with Crippen LogP contribution >= 0.6 is 0 Å². The Morgan fingerprint density at radius 2 is 0.565 bits per heavy atom. The topological polar surface area (TPSA) is 78.9 Å². The maximum atomic E-state index is 12.8. The van der Waals surface area contributed by atoms with Gasteiger partial charge in [0.15, 0.2) is 6.10 Å². The van der Waals surface area contributed by atoms with Crippen LogP contribution in [0.3, 0.4) is 0 Å². The van der Waals surface area contributed by atoms with Crippen molar-refractivity contribution in [2.45, 2.75) is 258 Å². The van der Waals surface area contributed by atoms with E-state index in [1.165, 1.54) is 103 Å². The van der Waals surface area contributed by atoms with Gasteiger partial charge >= 0.3 is 17.9 Å². The van der Waals surface area contributed by atoms with Gasteiger partial charge in [0, 0.05) is 19.3 Å². The highest BCUT2D eigenvalue weighted by Crippen LogP contribution is 2.14. The molecule has 0 aromatic rings. The number of esters is 3. The molecule has 0 aromatic heterocycles. The SMILES string of the molecule is CC/C=C\C/C=C\C/C=C\C/C=C\C/C=C\C/C=C\C/C=C\C/C=C\CCCCC(=O)OCC(COC(=O)CCCCCCCC)OC(=O)CCCCCCCCC/C=C\CCCCCCCCC. The summed E-state index contributed by atoms with van der Waals surface area (Å²) in [6.45, 7) is 6.42. The first-order chi connectivity index (χ1) is 34.0. The van der Waals surface area contributed by atoms with Crippen LogP contribution in [0.2, 0.25) is 0 Å². The summed E-state index contributed by atoms with van der Waals surface area (Å²) in [5.74, 6) is -0.956. The summed E-state index contributed by atoms with van der Waals surface area (Å²) in [7, 11) is 0. The molecule has 0 rings (SSSR count). The van der Waals surface area contributed by atoms with Gasteiger partial charge in [-0.15, -0.1) is 0 Å². The zero-order valence-electron chi connectivity index (χ0n) is 44.8. The summed E-state index contributed by atoms with van der Waals surface area (Å²) in [6.07, 6.45) is 76.8.